The molecule has 7 heteroatoms. The zero-order valence-corrected chi connectivity index (χ0v) is 18.9. The first-order valence-electron chi connectivity index (χ1n) is 11.4. The Bertz CT molecular complexity index is 907. The van der Waals surface area contributed by atoms with Crippen LogP contribution in [-0.4, -0.2) is 72.1 Å². The maximum Gasteiger partial charge on any atom is 0.254 e. The lowest BCUT2D eigenvalue weighted by molar-refractivity contribution is 0.0733. The number of nitrogens with zero attached hydrogens (tertiary/aromatic N) is 5. The zero-order chi connectivity index (χ0) is 21.8. The first-order chi connectivity index (χ1) is 15.0. The number of hydrogen-bond acceptors (Lipinski definition) is 6. The first-order valence-corrected chi connectivity index (χ1v) is 11.4. The van der Waals surface area contributed by atoms with Gasteiger partial charge in [-0.3, -0.25) is 4.79 Å². The lowest BCUT2D eigenvalue weighted by Crippen LogP contribution is -2.46. The third-order valence-electron chi connectivity index (χ3n) is 6.11. The van der Waals surface area contributed by atoms with E-state index in [2.05, 4.69) is 23.8 Å². The highest BCUT2D eigenvalue weighted by atomic mass is 16.5. The number of unbranched alkanes of at least 4 members (excludes halogenated alkanes) is 1. The molecule has 0 unspecified atom stereocenters. The van der Waals surface area contributed by atoms with Crippen molar-refractivity contribution in [3.8, 4) is 5.75 Å². The topological polar surface area (TPSA) is 61.8 Å². The number of carbonyl (C=O) groups is 1. The summed E-state index contributed by atoms with van der Waals surface area (Å²) in [5.41, 5.74) is 2.89. The van der Waals surface area contributed by atoms with Crippen LogP contribution in [0.1, 0.15) is 47.2 Å². The second kappa shape index (κ2) is 9.64. The second-order valence-corrected chi connectivity index (χ2v) is 8.51. The van der Waals surface area contributed by atoms with Crippen LogP contribution in [0.4, 0.5) is 5.82 Å². The number of anilines is 1. The predicted octanol–water partition coefficient (Wildman–Crippen LogP) is 2.91. The predicted molar refractivity (Wildman–Crippen MR) is 122 cm³/mol. The summed E-state index contributed by atoms with van der Waals surface area (Å²) in [4.78, 5) is 29.3. The van der Waals surface area contributed by atoms with Gasteiger partial charge in [0.05, 0.1) is 18.8 Å². The molecule has 2 aromatic rings. The van der Waals surface area contributed by atoms with Crippen molar-refractivity contribution in [1.29, 1.82) is 0 Å². The van der Waals surface area contributed by atoms with E-state index in [4.69, 9.17) is 14.7 Å². The Morgan fingerprint density at radius 3 is 2.52 bits per heavy atom. The number of carbonyl (C=O) groups excluding carboxylic acids is 1. The highest BCUT2D eigenvalue weighted by Gasteiger charge is 2.28. The van der Waals surface area contributed by atoms with Gasteiger partial charge in [-0.2, -0.15) is 0 Å². The van der Waals surface area contributed by atoms with Gasteiger partial charge >= 0.3 is 0 Å². The van der Waals surface area contributed by atoms with Crippen LogP contribution in [0, 0.1) is 6.92 Å². The molecule has 166 valence electrons. The largest absolute Gasteiger partial charge is 0.494 e. The fourth-order valence-corrected chi connectivity index (χ4v) is 4.18. The van der Waals surface area contributed by atoms with Crippen LogP contribution < -0.4 is 9.64 Å². The van der Waals surface area contributed by atoms with Crippen LogP contribution in [0.15, 0.2) is 24.3 Å². The third-order valence-corrected chi connectivity index (χ3v) is 6.11. The number of benzene rings is 1. The van der Waals surface area contributed by atoms with E-state index in [0.29, 0.717) is 25.3 Å². The Balaban J connectivity index is 1.49. The van der Waals surface area contributed by atoms with Gasteiger partial charge in [0.25, 0.3) is 5.91 Å². The quantitative estimate of drug-likeness (QED) is 0.666. The normalized spacial score (nSPS) is 16.9. The molecule has 2 aliphatic heterocycles. The van der Waals surface area contributed by atoms with Gasteiger partial charge in [0.2, 0.25) is 0 Å². The van der Waals surface area contributed by atoms with Gasteiger partial charge in [0.15, 0.2) is 0 Å². The van der Waals surface area contributed by atoms with Crippen molar-refractivity contribution in [3.63, 3.8) is 0 Å². The van der Waals surface area contributed by atoms with Crippen LogP contribution in [-0.2, 0) is 13.0 Å². The fraction of sp³-hybridized carbons (Fsp3) is 0.542. The summed E-state index contributed by atoms with van der Waals surface area (Å²) in [6, 6.07) is 7.52. The third kappa shape index (κ3) is 4.98. The molecule has 0 atom stereocenters. The Labute approximate surface area is 185 Å². The van der Waals surface area contributed by atoms with E-state index in [1.54, 1.807) is 0 Å². The minimum atomic E-state index is 0.0515. The van der Waals surface area contributed by atoms with Crippen molar-refractivity contribution in [2.24, 2.45) is 0 Å². The molecule has 3 heterocycles. The van der Waals surface area contributed by atoms with E-state index in [-0.39, 0.29) is 5.91 Å². The van der Waals surface area contributed by atoms with E-state index in [9.17, 15) is 4.79 Å². The number of piperazine rings is 1. The monoisotopic (exact) mass is 423 g/mol. The number of aryl methyl sites for hydroxylation is 1. The van der Waals surface area contributed by atoms with Crippen molar-refractivity contribution in [2.75, 3.05) is 51.3 Å². The Kier molecular flexibility index (Phi) is 6.70. The molecule has 0 bridgehead atoms. The molecule has 7 nitrogen and oxygen atoms in total. The highest BCUT2D eigenvalue weighted by Crippen LogP contribution is 2.28. The molecule has 0 radical (unpaired) electrons. The molecule has 2 aliphatic rings. The van der Waals surface area contributed by atoms with Crippen molar-refractivity contribution < 1.29 is 9.53 Å². The Hall–Kier alpha value is -2.67. The Morgan fingerprint density at radius 2 is 1.81 bits per heavy atom. The lowest BCUT2D eigenvalue weighted by atomic mass is 10.0. The Morgan fingerprint density at radius 1 is 1.06 bits per heavy atom. The van der Waals surface area contributed by atoms with E-state index in [1.807, 2.05) is 36.1 Å². The molecule has 1 amide bonds. The molecule has 31 heavy (non-hydrogen) atoms. The van der Waals surface area contributed by atoms with Crippen LogP contribution in [0.2, 0.25) is 0 Å². The maximum atomic E-state index is 13.2. The molecule has 4 rings (SSSR count). The van der Waals surface area contributed by atoms with Gasteiger partial charge in [-0.1, -0.05) is 13.3 Å². The summed E-state index contributed by atoms with van der Waals surface area (Å²) in [6.45, 7) is 10.00. The number of rotatable bonds is 6. The van der Waals surface area contributed by atoms with E-state index >= 15 is 0 Å². The van der Waals surface area contributed by atoms with E-state index < -0.39 is 0 Å². The molecule has 0 aliphatic carbocycles. The van der Waals surface area contributed by atoms with Crippen LogP contribution in [0.5, 0.6) is 5.75 Å². The minimum absolute atomic E-state index is 0.0515. The number of likely N-dealkylation sites (N-methyl/N-ethyl adjacent to an activating group) is 1. The number of aromatic nitrogens is 2. The van der Waals surface area contributed by atoms with Gasteiger partial charge in [0, 0.05) is 50.3 Å². The fourth-order valence-electron chi connectivity index (χ4n) is 4.18. The second-order valence-electron chi connectivity index (χ2n) is 8.51. The molecule has 0 spiro atoms. The number of amides is 1. The summed E-state index contributed by atoms with van der Waals surface area (Å²) in [5, 5.41) is 0. The summed E-state index contributed by atoms with van der Waals surface area (Å²) < 4.78 is 5.72. The van der Waals surface area contributed by atoms with Gasteiger partial charge in [0.1, 0.15) is 17.4 Å². The molecule has 0 N–H and O–H groups in total. The molecular weight excluding hydrogens is 390 g/mol. The van der Waals surface area contributed by atoms with Crippen molar-refractivity contribution >= 4 is 11.7 Å². The highest BCUT2D eigenvalue weighted by molar-refractivity contribution is 5.94. The number of ether oxygens (including phenoxy) is 1. The van der Waals surface area contributed by atoms with E-state index in [1.165, 1.54) is 0 Å². The molecule has 1 fully saturated rings. The zero-order valence-electron chi connectivity index (χ0n) is 18.9. The SMILES string of the molecule is CCCCOc1ccc(C(=O)N2CCc3nc(C)nc(N4CCN(C)CC4)c3C2)cc1. The first kappa shape index (κ1) is 21.6. The average Bonchev–Trinajstić information content (AvgIpc) is 2.79. The molecule has 1 aromatic heterocycles. The number of hydrogen-bond donors (Lipinski definition) is 0. The standard InChI is InChI=1S/C24H33N5O2/c1-4-5-16-31-20-8-6-19(7-9-20)24(30)29-11-10-22-21(17-29)23(26-18(2)25-22)28-14-12-27(3)13-15-28/h6-9H,4-5,10-17H2,1-3H3. The lowest BCUT2D eigenvalue weighted by Gasteiger charge is -2.37. The van der Waals surface area contributed by atoms with Crippen LogP contribution >= 0.6 is 0 Å². The van der Waals surface area contributed by atoms with Gasteiger partial charge < -0.3 is 19.4 Å². The summed E-state index contributed by atoms with van der Waals surface area (Å²) in [5.74, 6) is 2.68. The van der Waals surface area contributed by atoms with Crippen molar-refractivity contribution in [1.82, 2.24) is 19.8 Å². The van der Waals surface area contributed by atoms with E-state index in [0.717, 1.165) is 74.1 Å². The van der Waals surface area contributed by atoms with Gasteiger partial charge in [-0.25, -0.2) is 9.97 Å². The maximum absolute atomic E-state index is 13.2. The van der Waals surface area contributed by atoms with Crippen molar-refractivity contribution in [2.45, 2.75) is 39.7 Å². The summed E-state index contributed by atoms with van der Waals surface area (Å²) in [6.07, 6.45) is 2.90. The van der Waals surface area contributed by atoms with Crippen LogP contribution in [0.3, 0.4) is 0 Å². The van der Waals surface area contributed by atoms with Gasteiger partial charge in [-0.05, 0) is 44.7 Å². The van der Waals surface area contributed by atoms with Gasteiger partial charge in [-0.15, -0.1) is 0 Å². The smallest absolute Gasteiger partial charge is 0.254 e. The minimum Gasteiger partial charge on any atom is -0.494 e. The molecule has 1 aromatic carbocycles. The van der Waals surface area contributed by atoms with Crippen LogP contribution in [0.25, 0.3) is 0 Å². The molecule has 1 saturated heterocycles. The van der Waals surface area contributed by atoms with Crippen molar-refractivity contribution in [3.05, 3.63) is 46.9 Å². The summed E-state index contributed by atoms with van der Waals surface area (Å²) >= 11 is 0. The summed E-state index contributed by atoms with van der Waals surface area (Å²) in [7, 11) is 2.15. The molecular formula is C24H33N5O2. The number of fused-ring (bicyclic) bond motifs is 1. The molecule has 0 saturated carbocycles. The average molecular weight is 424 g/mol.